The molecule has 0 aromatic heterocycles. The maximum atomic E-state index is 12.8. The highest BCUT2D eigenvalue weighted by Gasteiger charge is 2.37. The summed E-state index contributed by atoms with van der Waals surface area (Å²) in [6, 6.07) is 0. The Labute approximate surface area is 86.8 Å². The van der Waals surface area contributed by atoms with Crippen LogP contribution < -0.4 is 11.3 Å². The third kappa shape index (κ3) is 5.39. The van der Waals surface area contributed by atoms with Gasteiger partial charge in [-0.25, -0.2) is 5.84 Å². The summed E-state index contributed by atoms with van der Waals surface area (Å²) in [5.41, 5.74) is 1.45. The molecule has 0 aliphatic carbocycles. The Kier molecular flexibility index (Phi) is 6.03. The minimum Gasteiger partial charge on any atom is -0.289 e. The van der Waals surface area contributed by atoms with E-state index < -0.39 is 17.6 Å². The third-order valence-electron chi connectivity index (χ3n) is 1.59. The molecule has 1 amide bonds. The van der Waals surface area contributed by atoms with Gasteiger partial charge in [0.05, 0.1) is 5.75 Å². The fourth-order valence-electron chi connectivity index (χ4n) is 0.691. The summed E-state index contributed by atoms with van der Waals surface area (Å²) in [6.07, 6.45) is 0.866. The molecule has 0 heterocycles. The lowest BCUT2D eigenvalue weighted by Gasteiger charge is -2.13. The van der Waals surface area contributed by atoms with E-state index in [4.69, 9.17) is 0 Å². The zero-order valence-electron chi connectivity index (χ0n) is 8.35. The van der Waals surface area contributed by atoms with Crippen LogP contribution in [0.4, 0.5) is 8.78 Å². The summed E-state index contributed by atoms with van der Waals surface area (Å²) >= 11 is 1.07. The van der Waals surface area contributed by atoms with Crippen molar-refractivity contribution in [2.75, 3.05) is 11.5 Å². The highest BCUT2D eigenvalue weighted by molar-refractivity contribution is 7.99. The van der Waals surface area contributed by atoms with Gasteiger partial charge in [-0.1, -0.05) is 13.8 Å². The number of nitrogens with one attached hydrogen (secondary N) is 1. The molecule has 0 radical (unpaired) electrons. The van der Waals surface area contributed by atoms with Crippen molar-refractivity contribution in [1.29, 1.82) is 0 Å². The maximum Gasteiger partial charge on any atom is 0.334 e. The number of carbonyl (C=O) groups excluding carboxylic acids is 1. The average Bonchev–Trinajstić information content (AvgIpc) is 2.10. The zero-order chi connectivity index (χ0) is 11.2. The number of hydrogen-bond donors (Lipinski definition) is 2. The highest BCUT2D eigenvalue weighted by Crippen LogP contribution is 2.21. The van der Waals surface area contributed by atoms with Crippen LogP contribution in [0.25, 0.3) is 0 Å². The topological polar surface area (TPSA) is 55.1 Å². The van der Waals surface area contributed by atoms with Crippen LogP contribution in [-0.4, -0.2) is 23.3 Å². The molecule has 3 nitrogen and oxygen atoms in total. The lowest BCUT2D eigenvalue weighted by molar-refractivity contribution is -0.142. The summed E-state index contributed by atoms with van der Waals surface area (Å²) in [5, 5.41) is 0. The van der Waals surface area contributed by atoms with Crippen molar-refractivity contribution in [1.82, 2.24) is 5.43 Å². The van der Waals surface area contributed by atoms with Crippen molar-refractivity contribution < 1.29 is 13.6 Å². The van der Waals surface area contributed by atoms with Crippen molar-refractivity contribution in [3.63, 3.8) is 0 Å². The molecular formula is C8H16F2N2OS. The molecule has 0 fully saturated rings. The van der Waals surface area contributed by atoms with Crippen LogP contribution >= 0.6 is 11.8 Å². The van der Waals surface area contributed by atoms with Crippen molar-refractivity contribution in [2.24, 2.45) is 11.8 Å². The smallest absolute Gasteiger partial charge is 0.289 e. The Balaban J connectivity index is 3.71. The fourth-order valence-corrected chi connectivity index (χ4v) is 1.86. The number of carbonyl (C=O) groups is 1. The molecule has 0 unspecified atom stereocenters. The number of nitrogens with two attached hydrogens (primary N) is 1. The van der Waals surface area contributed by atoms with E-state index in [0.29, 0.717) is 11.7 Å². The van der Waals surface area contributed by atoms with Crippen LogP contribution in [0.3, 0.4) is 0 Å². The van der Waals surface area contributed by atoms with E-state index >= 15 is 0 Å². The molecule has 14 heavy (non-hydrogen) atoms. The third-order valence-corrected chi connectivity index (χ3v) is 2.68. The fraction of sp³-hybridized carbons (Fsp3) is 0.875. The van der Waals surface area contributed by atoms with Gasteiger partial charge in [0.15, 0.2) is 0 Å². The Bertz CT molecular complexity index is 188. The highest BCUT2D eigenvalue weighted by atomic mass is 32.2. The van der Waals surface area contributed by atoms with Crippen LogP contribution in [0.5, 0.6) is 0 Å². The van der Waals surface area contributed by atoms with E-state index in [1.165, 1.54) is 5.43 Å². The number of rotatable bonds is 6. The maximum absolute atomic E-state index is 12.8. The molecule has 0 spiro atoms. The standard InChI is InChI=1S/C8H16F2N2OS/c1-6(2)3-4-14-5-8(9,10)7(13)12-11/h6H,3-5,11H2,1-2H3,(H,12,13). The molecule has 0 aliphatic rings. The molecule has 84 valence electrons. The zero-order valence-corrected chi connectivity index (χ0v) is 9.16. The van der Waals surface area contributed by atoms with Gasteiger partial charge in [0.1, 0.15) is 0 Å². The van der Waals surface area contributed by atoms with E-state index in [-0.39, 0.29) is 0 Å². The van der Waals surface area contributed by atoms with E-state index in [0.717, 1.165) is 18.2 Å². The van der Waals surface area contributed by atoms with Crippen LogP contribution in [0.15, 0.2) is 0 Å². The minimum absolute atomic E-state index is 0.486. The Morgan fingerprint density at radius 1 is 1.57 bits per heavy atom. The van der Waals surface area contributed by atoms with Crippen LogP contribution in [0.1, 0.15) is 20.3 Å². The first-order valence-electron chi connectivity index (χ1n) is 4.36. The van der Waals surface area contributed by atoms with Crippen LogP contribution in [0.2, 0.25) is 0 Å². The van der Waals surface area contributed by atoms with E-state index in [1.54, 1.807) is 0 Å². The van der Waals surface area contributed by atoms with Gasteiger partial charge in [0.2, 0.25) is 0 Å². The van der Waals surface area contributed by atoms with Gasteiger partial charge >= 0.3 is 11.8 Å². The summed E-state index contributed by atoms with van der Waals surface area (Å²) in [7, 11) is 0. The molecule has 0 rings (SSSR count). The summed E-state index contributed by atoms with van der Waals surface area (Å²) < 4.78 is 25.7. The van der Waals surface area contributed by atoms with Gasteiger partial charge in [-0.05, 0) is 18.1 Å². The number of amides is 1. The number of halogens is 2. The van der Waals surface area contributed by atoms with Gasteiger partial charge in [-0.3, -0.25) is 10.2 Å². The molecular weight excluding hydrogens is 210 g/mol. The van der Waals surface area contributed by atoms with E-state index in [1.807, 2.05) is 13.8 Å². The van der Waals surface area contributed by atoms with Gasteiger partial charge in [0.25, 0.3) is 0 Å². The van der Waals surface area contributed by atoms with Crippen molar-refractivity contribution in [2.45, 2.75) is 26.2 Å². The predicted octanol–water partition coefficient (Wildman–Crippen LogP) is 1.39. The Hall–Kier alpha value is -0.360. The molecule has 0 aromatic carbocycles. The monoisotopic (exact) mass is 226 g/mol. The molecule has 0 saturated carbocycles. The van der Waals surface area contributed by atoms with Gasteiger partial charge in [-0.15, -0.1) is 0 Å². The number of hydrogen-bond acceptors (Lipinski definition) is 3. The van der Waals surface area contributed by atoms with Gasteiger partial charge in [-0.2, -0.15) is 20.5 Å². The largest absolute Gasteiger partial charge is 0.334 e. The lowest BCUT2D eigenvalue weighted by Crippen LogP contribution is -2.45. The summed E-state index contributed by atoms with van der Waals surface area (Å²) in [5.74, 6) is 0.440. The second-order valence-electron chi connectivity index (χ2n) is 3.41. The predicted molar refractivity (Wildman–Crippen MR) is 54.1 cm³/mol. The first-order valence-corrected chi connectivity index (χ1v) is 5.52. The number of alkyl halides is 2. The quantitative estimate of drug-likeness (QED) is 0.311. The number of hydrazine groups is 1. The van der Waals surface area contributed by atoms with Gasteiger partial charge < -0.3 is 0 Å². The van der Waals surface area contributed by atoms with E-state index in [9.17, 15) is 13.6 Å². The Morgan fingerprint density at radius 3 is 2.57 bits per heavy atom. The molecule has 3 N–H and O–H groups in total. The second-order valence-corrected chi connectivity index (χ2v) is 4.52. The lowest BCUT2D eigenvalue weighted by atomic mass is 10.2. The van der Waals surface area contributed by atoms with Crippen molar-refractivity contribution in [3.8, 4) is 0 Å². The van der Waals surface area contributed by atoms with Gasteiger partial charge in [0, 0.05) is 0 Å². The Morgan fingerprint density at radius 2 is 2.14 bits per heavy atom. The normalized spacial score (nSPS) is 11.9. The van der Waals surface area contributed by atoms with E-state index in [2.05, 4.69) is 5.84 Å². The second kappa shape index (κ2) is 6.19. The molecule has 0 saturated heterocycles. The average molecular weight is 226 g/mol. The first-order chi connectivity index (χ1) is 6.40. The van der Waals surface area contributed by atoms with Crippen molar-refractivity contribution in [3.05, 3.63) is 0 Å². The van der Waals surface area contributed by atoms with Crippen LogP contribution in [0, 0.1) is 5.92 Å². The molecule has 0 atom stereocenters. The molecule has 0 aliphatic heterocycles. The molecule has 0 aromatic rings. The number of thioether (sulfide) groups is 1. The van der Waals surface area contributed by atoms with Crippen molar-refractivity contribution >= 4 is 17.7 Å². The molecule has 0 bridgehead atoms. The molecule has 6 heteroatoms. The summed E-state index contributed by atoms with van der Waals surface area (Å²) in [6.45, 7) is 4.04. The van der Waals surface area contributed by atoms with Crippen LogP contribution in [-0.2, 0) is 4.79 Å². The SMILES string of the molecule is CC(C)CCSCC(F)(F)C(=O)NN. The minimum atomic E-state index is -3.36. The first kappa shape index (κ1) is 13.6. The summed E-state index contributed by atoms with van der Waals surface area (Å²) in [4.78, 5) is 10.6.